The van der Waals surface area contributed by atoms with Crippen LogP contribution in [-0.4, -0.2) is 53.2 Å². The van der Waals surface area contributed by atoms with E-state index in [4.69, 9.17) is 14.5 Å². The normalized spacial score (nSPS) is 17.6. The maximum Gasteiger partial charge on any atom is 0.229 e. The van der Waals surface area contributed by atoms with Crippen LogP contribution in [0.5, 0.6) is 11.5 Å². The summed E-state index contributed by atoms with van der Waals surface area (Å²) in [6, 6.07) is 9.91. The molecule has 1 aliphatic heterocycles. The van der Waals surface area contributed by atoms with Gasteiger partial charge in [-0.05, 0) is 86.9 Å². The predicted molar refractivity (Wildman–Crippen MR) is 161 cm³/mol. The predicted octanol–water partition coefficient (Wildman–Crippen LogP) is 7.09. The minimum Gasteiger partial charge on any atom is -0.493 e. The molecule has 2 N–H and O–H groups in total. The van der Waals surface area contributed by atoms with Gasteiger partial charge in [0.1, 0.15) is 5.82 Å². The quantitative estimate of drug-likeness (QED) is 0.262. The van der Waals surface area contributed by atoms with Gasteiger partial charge in [-0.1, -0.05) is 27.2 Å². The fraction of sp³-hybridized carbons (Fsp3) is 0.531. The zero-order chi connectivity index (χ0) is 28.0. The van der Waals surface area contributed by atoms with Crippen LogP contribution in [0.25, 0.3) is 0 Å². The number of pyridine rings is 1. The third-order valence-corrected chi connectivity index (χ3v) is 7.99. The molecule has 5 rings (SSSR count). The zero-order valence-corrected chi connectivity index (χ0v) is 24.5. The third-order valence-electron chi connectivity index (χ3n) is 7.99. The molecular weight excluding hydrogens is 500 g/mol. The van der Waals surface area contributed by atoms with Gasteiger partial charge in [-0.15, -0.1) is 0 Å². The Labute approximate surface area is 238 Å². The monoisotopic (exact) mass is 544 g/mol. The van der Waals surface area contributed by atoms with Crippen LogP contribution in [0.2, 0.25) is 0 Å². The largest absolute Gasteiger partial charge is 0.493 e. The molecule has 1 fully saturated rings. The fourth-order valence-electron chi connectivity index (χ4n) is 5.86. The van der Waals surface area contributed by atoms with Gasteiger partial charge >= 0.3 is 0 Å². The van der Waals surface area contributed by atoms with Gasteiger partial charge in [0, 0.05) is 36.1 Å². The van der Waals surface area contributed by atoms with E-state index in [1.165, 1.54) is 56.5 Å². The van der Waals surface area contributed by atoms with Crippen molar-refractivity contribution < 1.29 is 9.47 Å². The van der Waals surface area contributed by atoms with Crippen molar-refractivity contribution in [3.63, 3.8) is 0 Å². The summed E-state index contributed by atoms with van der Waals surface area (Å²) in [5.74, 6) is 3.14. The molecule has 8 heteroatoms. The minimum absolute atomic E-state index is 0.212. The number of piperidine rings is 1. The van der Waals surface area contributed by atoms with E-state index in [1.54, 1.807) is 13.3 Å². The first-order valence-corrected chi connectivity index (χ1v) is 14.8. The van der Waals surface area contributed by atoms with Gasteiger partial charge in [0.25, 0.3) is 0 Å². The second-order valence-electron chi connectivity index (χ2n) is 12.1. The van der Waals surface area contributed by atoms with Crippen molar-refractivity contribution in [3.8, 4) is 11.5 Å². The number of ether oxygens (including phenoxy) is 2. The van der Waals surface area contributed by atoms with Gasteiger partial charge in [0.2, 0.25) is 5.95 Å². The molecule has 1 atom stereocenters. The maximum atomic E-state index is 6.05. The van der Waals surface area contributed by atoms with Gasteiger partial charge < -0.3 is 25.0 Å². The maximum absolute atomic E-state index is 6.05. The number of likely N-dealkylation sites (tertiary alicyclic amines) is 1. The van der Waals surface area contributed by atoms with E-state index in [0.717, 1.165) is 36.5 Å². The molecule has 1 aliphatic carbocycles. The van der Waals surface area contributed by atoms with Gasteiger partial charge in [0.05, 0.1) is 25.6 Å². The highest BCUT2D eigenvalue weighted by molar-refractivity contribution is 5.62. The molecule has 0 saturated carbocycles. The van der Waals surface area contributed by atoms with Crippen molar-refractivity contribution in [2.24, 2.45) is 5.41 Å². The van der Waals surface area contributed by atoms with Crippen LogP contribution in [0.4, 0.5) is 23.1 Å². The summed E-state index contributed by atoms with van der Waals surface area (Å²) >= 11 is 0. The van der Waals surface area contributed by atoms with Crippen LogP contribution in [-0.2, 0) is 6.42 Å². The van der Waals surface area contributed by atoms with Crippen molar-refractivity contribution in [1.29, 1.82) is 0 Å². The van der Waals surface area contributed by atoms with Crippen molar-refractivity contribution in [2.45, 2.75) is 71.6 Å². The first-order valence-electron chi connectivity index (χ1n) is 14.8. The number of anilines is 4. The number of benzene rings is 1. The first kappa shape index (κ1) is 28.1. The summed E-state index contributed by atoms with van der Waals surface area (Å²) < 4.78 is 11.7. The molecule has 40 heavy (non-hydrogen) atoms. The number of nitrogens with one attached hydrogen (secondary N) is 2. The van der Waals surface area contributed by atoms with Crippen LogP contribution in [0.3, 0.4) is 0 Å². The summed E-state index contributed by atoms with van der Waals surface area (Å²) in [5.41, 5.74) is 4.58. The van der Waals surface area contributed by atoms with E-state index < -0.39 is 0 Å². The number of hydrogen-bond donors (Lipinski definition) is 2. The molecule has 0 bridgehead atoms. The Kier molecular flexibility index (Phi) is 9.04. The molecule has 2 aromatic heterocycles. The molecule has 1 unspecified atom stereocenters. The van der Waals surface area contributed by atoms with Gasteiger partial charge in [-0.3, -0.25) is 4.98 Å². The Bertz CT molecular complexity index is 1270. The van der Waals surface area contributed by atoms with Crippen LogP contribution in [0.15, 0.2) is 42.7 Å². The average molecular weight is 545 g/mol. The van der Waals surface area contributed by atoms with Crippen molar-refractivity contribution in [3.05, 3.63) is 54.0 Å². The topological polar surface area (TPSA) is 84.4 Å². The number of methoxy groups -OCH3 is 1. The Balaban J connectivity index is 1.19. The van der Waals surface area contributed by atoms with Gasteiger partial charge in [-0.25, -0.2) is 4.98 Å². The van der Waals surface area contributed by atoms with Gasteiger partial charge in [0.15, 0.2) is 11.5 Å². The lowest BCUT2D eigenvalue weighted by Gasteiger charge is -2.34. The number of rotatable bonds is 10. The summed E-state index contributed by atoms with van der Waals surface area (Å²) in [5, 5.41) is 6.71. The van der Waals surface area contributed by atoms with Crippen molar-refractivity contribution in [2.75, 3.05) is 44.0 Å². The molecule has 0 spiro atoms. The lowest BCUT2D eigenvalue weighted by atomic mass is 9.71. The molecule has 0 radical (unpaired) electrons. The van der Waals surface area contributed by atoms with Crippen LogP contribution >= 0.6 is 0 Å². The fourth-order valence-corrected chi connectivity index (χ4v) is 5.86. The molecule has 1 saturated heterocycles. The molecule has 214 valence electrons. The van der Waals surface area contributed by atoms with E-state index in [9.17, 15) is 0 Å². The summed E-state index contributed by atoms with van der Waals surface area (Å²) in [6.45, 7) is 11.1. The second-order valence-corrected chi connectivity index (χ2v) is 12.1. The molecule has 8 nitrogen and oxygen atoms in total. The standard InChI is InChI=1S/C32H44N6O2/c1-32(2,3)26-11-8-10-23-20-25(22-34-30(23)26)35-29-14-15-33-31(37-29)36-24-12-13-27(28(21-24)39-4)40-19-9-18-38-16-6-5-7-17-38/h12-15,20-22,26H,5-11,16-19H2,1-4H3,(H2,33,35,36,37). The highest BCUT2D eigenvalue weighted by Crippen LogP contribution is 2.43. The minimum atomic E-state index is 0.212. The smallest absolute Gasteiger partial charge is 0.229 e. The highest BCUT2D eigenvalue weighted by Gasteiger charge is 2.31. The van der Waals surface area contributed by atoms with Crippen molar-refractivity contribution in [1.82, 2.24) is 19.9 Å². The highest BCUT2D eigenvalue weighted by atomic mass is 16.5. The number of aryl methyl sites for hydroxylation is 1. The molecule has 3 heterocycles. The molecule has 2 aliphatic rings. The average Bonchev–Trinajstić information content (AvgIpc) is 2.95. The molecule has 3 aromatic rings. The summed E-state index contributed by atoms with van der Waals surface area (Å²) in [7, 11) is 1.66. The van der Waals surface area contributed by atoms with E-state index in [1.807, 2.05) is 30.5 Å². The Morgan fingerprint density at radius 2 is 1.80 bits per heavy atom. The Morgan fingerprint density at radius 3 is 2.60 bits per heavy atom. The zero-order valence-electron chi connectivity index (χ0n) is 24.5. The second kappa shape index (κ2) is 12.9. The number of hydrogen-bond acceptors (Lipinski definition) is 8. The first-order chi connectivity index (χ1) is 19.4. The van der Waals surface area contributed by atoms with E-state index in [2.05, 4.69) is 52.3 Å². The van der Waals surface area contributed by atoms with Gasteiger partial charge in [-0.2, -0.15) is 4.98 Å². The Morgan fingerprint density at radius 1 is 0.950 bits per heavy atom. The molecule has 0 amide bonds. The SMILES string of the molecule is COc1cc(Nc2nccc(Nc3cnc4c(c3)CCCC4C(C)(C)C)n2)ccc1OCCCN1CCCCC1. The number of fused-ring (bicyclic) bond motifs is 1. The summed E-state index contributed by atoms with van der Waals surface area (Å²) in [6.07, 6.45) is 12.1. The molecular formula is C32H44N6O2. The van der Waals surface area contributed by atoms with Crippen LogP contribution in [0.1, 0.15) is 76.5 Å². The van der Waals surface area contributed by atoms with Crippen LogP contribution < -0.4 is 20.1 Å². The van der Waals surface area contributed by atoms with E-state index in [0.29, 0.717) is 30.0 Å². The lowest BCUT2D eigenvalue weighted by Crippen LogP contribution is -2.31. The van der Waals surface area contributed by atoms with E-state index in [-0.39, 0.29) is 5.41 Å². The lowest BCUT2D eigenvalue weighted by molar-refractivity contribution is 0.203. The number of aromatic nitrogens is 3. The molecule has 1 aromatic carbocycles. The third kappa shape index (κ3) is 7.22. The number of nitrogens with zero attached hydrogens (tertiary/aromatic N) is 4. The van der Waals surface area contributed by atoms with Crippen molar-refractivity contribution >= 4 is 23.1 Å². The van der Waals surface area contributed by atoms with Crippen LogP contribution in [0, 0.1) is 5.41 Å². The Hall–Kier alpha value is -3.39. The van der Waals surface area contributed by atoms with E-state index >= 15 is 0 Å². The summed E-state index contributed by atoms with van der Waals surface area (Å²) in [4.78, 5) is 16.5.